The van der Waals surface area contributed by atoms with Crippen LogP contribution in [0.2, 0.25) is 0 Å². The first-order valence-electron chi connectivity index (χ1n) is 8.04. The highest BCUT2D eigenvalue weighted by atomic mass is 14.1. The quantitative estimate of drug-likeness (QED) is 0.433. The van der Waals surface area contributed by atoms with Crippen LogP contribution in [0, 0.1) is 0 Å². The molecule has 0 aliphatic carbocycles. The van der Waals surface area contributed by atoms with Gasteiger partial charge in [-0.15, -0.1) is 0 Å². The van der Waals surface area contributed by atoms with E-state index < -0.39 is 0 Å². The Bertz CT molecular complexity index is 763. The van der Waals surface area contributed by atoms with Gasteiger partial charge in [0.05, 0.1) is 0 Å². The summed E-state index contributed by atoms with van der Waals surface area (Å²) in [4.78, 5) is 0. The molecule has 0 aliphatic heterocycles. The van der Waals surface area contributed by atoms with Crippen molar-refractivity contribution in [3.05, 3.63) is 72.8 Å². The van der Waals surface area contributed by atoms with E-state index in [1.54, 1.807) is 0 Å². The zero-order valence-electron chi connectivity index (χ0n) is 14.2. The molecule has 0 radical (unpaired) electrons. The van der Waals surface area contributed by atoms with Crippen molar-refractivity contribution < 1.29 is 0 Å². The number of hydrogen-bond acceptors (Lipinski definition) is 0. The van der Waals surface area contributed by atoms with Gasteiger partial charge in [0.1, 0.15) is 0 Å². The third-order valence-electron chi connectivity index (χ3n) is 3.43. The predicted molar refractivity (Wildman–Crippen MR) is 104 cm³/mol. The van der Waals surface area contributed by atoms with E-state index in [2.05, 4.69) is 61.7 Å². The first kappa shape index (κ1) is 17.7. The maximum Gasteiger partial charge on any atom is -0.00990 e. The minimum Gasteiger partial charge on any atom is -0.0984 e. The molecule has 3 rings (SSSR count). The highest BCUT2D eigenvalue weighted by Gasteiger charge is 2.05. The van der Waals surface area contributed by atoms with Crippen LogP contribution in [0.25, 0.3) is 33.7 Å². The third-order valence-corrected chi connectivity index (χ3v) is 3.43. The number of hydrogen-bond donors (Lipinski definition) is 0. The molecule has 0 aliphatic rings. The molecule has 0 saturated carbocycles. The SMILES string of the molecule is C=Cc1ccc2c(ccc3ccccc32)c1C=C.CC.CC. The van der Waals surface area contributed by atoms with Crippen molar-refractivity contribution in [1.82, 2.24) is 0 Å². The Labute approximate surface area is 134 Å². The van der Waals surface area contributed by atoms with Gasteiger partial charge in [0.2, 0.25) is 0 Å². The molecule has 0 N–H and O–H groups in total. The molecule has 0 atom stereocenters. The Morgan fingerprint density at radius 3 is 1.91 bits per heavy atom. The van der Waals surface area contributed by atoms with Gasteiger partial charge in [-0.25, -0.2) is 0 Å². The van der Waals surface area contributed by atoms with Crippen LogP contribution >= 0.6 is 0 Å². The lowest BCUT2D eigenvalue weighted by atomic mass is 9.95. The van der Waals surface area contributed by atoms with Crippen LogP contribution in [0.3, 0.4) is 0 Å². The first-order chi connectivity index (χ1) is 10.8. The van der Waals surface area contributed by atoms with Crippen LogP contribution in [0.15, 0.2) is 61.7 Å². The molecule has 0 unspecified atom stereocenters. The van der Waals surface area contributed by atoms with E-state index in [0.29, 0.717) is 0 Å². The fourth-order valence-electron chi connectivity index (χ4n) is 2.53. The summed E-state index contributed by atoms with van der Waals surface area (Å²) in [5, 5.41) is 5.06. The fourth-order valence-corrected chi connectivity index (χ4v) is 2.53. The van der Waals surface area contributed by atoms with E-state index in [-0.39, 0.29) is 0 Å². The van der Waals surface area contributed by atoms with Crippen molar-refractivity contribution in [2.45, 2.75) is 27.7 Å². The second-order valence-electron chi connectivity index (χ2n) is 4.36. The van der Waals surface area contributed by atoms with E-state index in [9.17, 15) is 0 Å². The summed E-state index contributed by atoms with van der Waals surface area (Å²) in [6, 6.07) is 17.1. The highest BCUT2D eigenvalue weighted by Crippen LogP contribution is 2.30. The summed E-state index contributed by atoms with van der Waals surface area (Å²) in [7, 11) is 0. The Kier molecular flexibility index (Phi) is 7.12. The Balaban J connectivity index is 0.000000561. The normalized spacial score (nSPS) is 9.27. The van der Waals surface area contributed by atoms with Crippen LogP contribution in [0.5, 0.6) is 0 Å². The number of rotatable bonds is 2. The standard InChI is InChI=1S/C18H14.2C2H6/c1-3-13-9-11-18-16-8-6-5-7-14(16)10-12-17(18)15(13)4-2;2*1-2/h3-12H,1-2H2;2*1-2H3. The van der Waals surface area contributed by atoms with E-state index in [0.717, 1.165) is 11.1 Å². The maximum absolute atomic E-state index is 3.92. The molecule has 0 nitrogen and oxygen atoms in total. The van der Waals surface area contributed by atoms with Gasteiger partial charge in [-0.1, -0.05) is 102 Å². The molecule has 0 fully saturated rings. The first-order valence-corrected chi connectivity index (χ1v) is 8.04. The summed E-state index contributed by atoms with van der Waals surface area (Å²) < 4.78 is 0. The molecule has 0 heterocycles. The van der Waals surface area contributed by atoms with E-state index in [1.807, 2.05) is 39.8 Å². The van der Waals surface area contributed by atoms with Crippen LogP contribution in [0.1, 0.15) is 38.8 Å². The summed E-state index contributed by atoms with van der Waals surface area (Å²) in [6.07, 6.45) is 3.79. The van der Waals surface area contributed by atoms with Crippen molar-refractivity contribution in [3.8, 4) is 0 Å². The molecule has 114 valence electrons. The smallest absolute Gasteiger partial charge is 0.00990 e. The maximum atomic E-state index is 3.92. The molecule has 0 spiro atoms. The van der Waals surface area contributed by atoms with Crippen molar-refractivity contribution in [3.63, 3.8) is 0 Å². The van der Waals surface area contributed by atoms with Crippen molar-refractivity contribution in [1.29, 1.82) is 0 Å². The lowest BCUT2D eigenvalue weighted by Gasteiger charge is -2.09. The predicted octanol–water partition coefficient (Wildman–Crippen LogP) is 7.33. The molecule has 0 bridgehead atoms. The van der Waals surface area contributed by atoms with E-state index >= 15 is 0 Å². The average Bonchev–Trinajstić information content (AvgIpc) is 2.63. The van der Waals surface area contributed by atoms with Gasteiger partial charge in [0.25, 0.3) is 0 Å². The fraction of sp³-hybridized carbons (Fsp3) is 0.182. The molecule has 0 amide bonds. The molecule has 0 saturated heterocycles. The van der Waals surface area contributed by atoms with Crippen LogP contribution in [-0.4, -0.2) is 0 Å². The zero-order chi connectivity index (χ0) is 16.5. The van der Waals surface area contributed by atoms with E-state index in [1.165, 1.54) is 21.5 Å². The Morgan fingerprint density at radius 2 is 1.27 bits per heavy atom. The average molecular weight is 290 g/mol. The topological polar surface area (TPSA) is 0 Å². The van der Waals surface area contributed by atoms with Gasteiger partial charge >= 0.3 is 0 Å². The van der Waals surface area contributed by atoms with Gasteiger partial charge < -0.3 is 0 Å². The molecule has 22 heavy (non-hydrogen) atoms. The van der Waals surface area contributed by atoms with E-state index in [4.69, 9.17) is 0 Å². The number of fused-ring (bicyclic) bond motifs is 3. The van der Waals surface area contributed by atoms with Gasteiger partial charge in [-0.2, -0.15) is 0 Å². The van der Waals surface area contributed by atoms with Gasteiger partial charge in [0.15, 0.2) is 0 Å². The van der Waals surface area contributed by atoms with Crippen LogP contribution < -0.4 is 0 Å². The highest BCUT2D eigenvalue weighted by molar-refractivity contribution is 6.10. The van der Waals surface area contributed by atoms with Crippen molar-refractivity contribution >= 4 is 33.7 Å². The largest absolute Gasteiger partial charge is 0.0984 e. The minimum absolute atomic E-state index is 1.13. The van der Waals surface area contributed by atoms with Crippen molar-refractivity contribution in [2.75, 3.05) is 0 Å². The summed E-state index contributed by atoms with van der Waals surface area (Å²) >= 11 is 0. The molecule has 3 aromatic rings. The van der Waals surface area contributed by atoms with Crippen LogP contribution in [-0.2, 0) is 0 Å². The minimum atomic E-state index is 1.13. The molecular weight excluding hydrogens is 264 g/mol. The monoisotopic (exact) mass is 290 g/mol. The molecule has 0 heteroatoms. The number of benzene rings is 3. The lowest BCUT2D eigenvalue weighted by molar-refractivity contribution is 1.50. The van der Waals surface area contributed by atoms with Crippen LogP contribution in [0.4, 0.5) is 0 Å². The Hall–Kier alpha value is -2.34. The summed E-state index contributed by atoms with van der Waals surface area (Å²) in [6.45, 7) is 15.8. The second kappa shape index (κ2) is 8.84. The Morgan fingerprint density at radius 1 is 0.636 bits per heavy atom. The second-order valence-corrected chi connectivity index (χ2v) is 4.36. The zero-order valence-corrected chi connectivity index (χ0v) is 14.2. The third kappa shape index (κ3) is 3.28. The lowest BCUT2D eigenvalue weighted by Crippen LogP contribution is -1.85. The summed E-state index contributed by atoms with van der Waals surface area (Å²) in [5.41, 5.74) is 2.29. The summed E-state index contributed by atoms with van der Waals surface area (Å²) in [5.74, 6) is 0. The molecule has 0 aromatic heterocycles. The molecule has 3 aromatic carbocycles. The van der Waals surface area contributed by atoms with Gasteiger partial charge in [0, 0.05) is 0 Å². The molecular formula is C22H26. The van der Waals surface area contributed by atoms with Crippen molar-refractivity contribution in [2.24, 2.45) is 0 Å². The van der Waals surface area contributed by atoms with Gasteiger partial charge in [-0.3, -0.25) is 0 Å². The van der Waals surface area contributed by atoms with Gasteiger partial charge in [-0.05, 0) is 32.7 Å².